The van der Waals surface area contributed by atoms with Gasteiger partial charge >= 0.3 is 0 Å². The zero-order valence-electron chi connectivity index (χ0n) is 15.0. The van der Waals surface area contributed by atoms with Gasteiger partial charge in [0.25, 0.3) is 5.91 Å². The summed E-state index contributed by atoms with van der Waals surface area (Å²) in [6.07, 6.45) is 7.63. The van der Waals surface area contributed by atoms with Crippen LogP contribution in [0.15, 0.2) is 36.5 Å². The molecule has 0 unspecified atom stereocenters. The lowest BCUT2D eigenvalue weighted by Gasteiger charge is -2.17. The van der Waals surface area contributed by atoms with Crippen LogP contribution in [0.3, 0.4) is 0 Å². The third-order valence-electron chi connectivity index (χ3n) is 5.10. The second-order valence-corrected chi connectivity index (χ2v) is 7.24. The first kappa shape index (κ1) is 18.7. The van der Waals surface area contributed by atoms with E-state index in [0.29, 0.717) is 6.54 Å². The maximum atomic E-state index is 12.3. The van der Waals surface area contributed by atoms with Crippen LogP contribution < -0.4 is 5.32 Å². The molecule has 0 bridgehead atoms. The number of carbonyl (C=O) groups is 1. The predicted octanol–water partition coefficient (Wildman–Crippen LogP) is 4.03. The molecular weight excluding hydrogens is 395 g/mol. The molecule has 0 atom stereocenters. The smallest absolute Gasteiger partial charge is 0.269 e. The number of nitrogens with one attached hydrogen (secondary N) is 1. The van der Waals surface area contributed by atoms with Crippen LogP contribution in [0.5, 0.6) is 0 Å². The molecule has 1 aromatic carbocycles. The number of fused-ring (bicyclic) bond motifs is 5. The molecule has 0 saturated heterocycles. The van der Waals surface area contributed by atoms with Gasteiger partial charge < -0.3 is 5.32 Å². The maximum absolute atomic E-state index is 12.3. The van der Waals surface area contributed by atoms with Crippen LogP contribution >= 0.6 is 24.0 Å². The van der Waals surface area contributed by atoms with Crippen LogP contribution in [-0.4, -0.2) is 27.2 Å². The largest absolute Gasteiger partial charge is 0.349 e. The van der Waals surface area contributed by atoms with E-state index in [0.717, 1.165) is 58.2 Å². The Kier molecular flexibility index (Phi) is 4.96. The van der Waals surface area contributed by atoms with Gasteiger partial charge in [-0.25, -0.2) is 0 Å². The van der Waals surface area contributed by atoms with E-state index in [2.05, 4.69) is 16.4 Å². The Morgan fingerprint density at radius 3 is 2.79 bits per heavy atom. The van der Waals surface area contributed by atoms with Crippen molar-refractivity contribution in [1.82, 2.24) is 20.1 Å². The van der Waals surface area contributed by atoms with Crippen molar-refractivity contribution in [2.75, 3.05) is 6.54 Å². The molecule has 2 aromatic heterocycles. The number of pyridine rings is 1. The molecule has 0 saturated carbocycles. The summed E-state index contributed by atoms with van der Waals surface area (Å²) >= 11 is 5.94. The van der Waals surface area contributed by atoms with Crippen molar-refractivity contribution in [3.05, 3.63) is 69.6 Å². The Morgan fingerprint density at radius 1 is 1.14 bits per heavy atom. The van der Waals surface area contributed by atoms with E-state index in [1.165, 1.54) is 5.56 Å². The van der Waals surface area contributed by atoms with Crippen molar-refractivity contribution in [3.63, 3.8) is 0 Å². The molecule has 1 aliphatic heterocycles. The average Bonchev–Trinajstić information content (AvgIpc) is 3.08. The number of aromatic nitrogens is 3. The van der Waals surface area contributed by atoms with Crippen molar-refractivity contribution in [2.45, 2.75) is 19.4 Å². The van der Waals surface area contributed by atoms with Crippen molar-refractivity contribution in [2.24, 2.45) is 0 Å². The number of aryl methyl sites for hydroxylation is 1. The summed E-state index contributed by atoms with van der Waals surface area (Å²) in [5.41, 5.74) is 6.89. The number of halogens is 2. The molecule has 0 fully saturated rings. The van der Waals surface area contributed by atoms with Crippen LogP contribution in [0.25, 0.3) is 23.4 Å². The lowest BCUT2D eigenvalue weighted by atomic mass is 9.89. The molecular formula is C21H18Cl2N4O. The van der Waals surface area contributed by atoms with Gasteiger partial charge in [-0.1, -0.05) is 29.8 Å². The highest BCUT2D eigenvalue weighted by Crippen LogP contribution is 2.35. The van der Waals surface area contributed by atoms with E-state index in [9.17, 15) is 4.79 Å². The number of hydrogen-bond donors (Lipinski definition) is 1. The van der Waals surface area contributed by atoms with Crippen LogP contribution in [0.1, 0.15) is 32.9 Å². The minimum absolute atomic E-state index is 0. The number of benzene rings is 1. The Bertz CT molecular complexity index is 1090. The van der Waals surface area contributed by atoms with Gasteiger partial charge in [-0.3, -0.25) is 14.5 Å². The lowest BCUT2D eigenvalue weighted by molar-refractivity contribution is 0.0923. The minimum Gasteiger partial charge on any atom is -0.349 e. The number of hydrogen-bond acceptors (Lipinski definition) is 3. The Hall–Kier alpha value is -2.63. The standard InChI is InChI=1S/C21H17ClN4O.ClH/c22-15-5-1-13(2-6-15)3-7-16-11-18-14(12-24-16)4-8-17-19(18)25-26-10-9-23-21(27)20(17)26;/h1-3,5-7,11-12H,4,8-10H2,(H,23,27);1H/b7-3+;. The molecule has 0 spiro atoms. The maximum Gasteiger partial charge on any atom is 0.269 e. The summed E-state index contributed by atoms with van der Waals surface area (Å²) < 4.78 is 1.85. The fraction of sp³-hybridized carbons (Fsp3) is 0.190. The third kappa shape index (κ3) is 3.21. The normalized spacial score (nSPS) is 14.7. The summed E-state index contributed by atoms with van der Waals surface area (Å²) in [5, 5.41) is 8.38. The molecule has 5 rings (SSSR count). The second-order valence-electron chi connectivity index (χ2n) is 6.81. The lowest BCUT2D eigenvalue weighted by Crippen LogP contribution is -2.36. The summed E-state index contributed by atoms with van der Waals surface area (Å²) in [6.45, 7) is 1.35. The fourth-order valence-electron chi connectivity index (χ4n) is 3.75. The molecule has 3 aromatic rings. The number of rotatable bonds is 2. The van der Waals surface area contributed by atoms with Gasteiger partial charge in [0.1, 0.15) is 5.69 Å². The molecule has 0 radical (unpaired) electrons. The van der Waals surface area contributed by atoms with E-state index < -0.39 is 0 Å². The number of carbonyl (C=O) groups excluding carboxylic acids is 1. The molecule has 2 aliphatic rings. The zero-order chi connectivity index (χ0) is 18.4. The summed E-state index contributed by atoms with van der Waals surface area (Å²) in [4.78, 5) is 16.8. The van der Waals surface area contributed by atoms with E-state index in [-0.39, 0.29) is 18.3 Å². The van der Waals surface area contributed by atoms with Crippen LogP contribution in [-0.2, 0) is 19.4 Å². The van der Waals surface area contributed by atoms with Gasteiger partial charge in [0.2, 0.25) is 0 Å². The average molecular weight is 413 g/mol. The first-order chi connectivity index (χ1) is 13.2. The van der Waals surface area contributed by atoms with Gasteiger partial charge in [-0.15, -0.1) is 12.4 Å². The van der Waals surface area contributed by atoms with Gasteiger partial charge in [0, 0.05) is 28.9 Å². The third-order valence-corrected chi connectivity index (χ3v) is 5.35. The quantitative estimate of drug-likeness (QED) is 0.690. The zero-order valence-corrected chi connectivity index (χ0v) is 16.6. The molecule has 28 heavy (non-hydrogen) atoms. The van der Waals surface area contributed by atoms with Crippen LogP contribution in [0.4, 0.5) is 0 Å². The predicted molar refractivity (Wildman–Crippen MR) is 113 cm³/mol. The van der Waals surface area contributed by atoms with Crippen molar-refractivity contribution in [3.8, 4) is 11.3 Å². The van der Waals surface area contributed by atoms with E-state index in [1.54, 1.807) is 0 Å². The first-order valence-electron chi connectivity index (χ1n) is 9.00. The highest BCUT2D eigenvalue weighted by atomic mass is 35.5. The monoisotopic (exact) mass is 412 g/mol. The van der Waals surface area contributed by atoms with Crippen molar-refractivity contribution in [1.29, 1.82) is 0 Å². The molecule has 142 valence electrons. The summed E-state index contributed by atoms with van der Waals surface area (Å²) in [6, 6.07) is 9.74. The highest BCUT2D eigenvalue weighted by molar-refractivity contribution is 6.30. The van der Waals surface area contributed by atoms with Crippen LogP contribution in [0.2, 0.25) is 5.02 Å². The van der Waals surface area contributed by atoms with Crippen molar-refractivity contribution < 1.29 is 4.79 Å². The Balaban J connectivity index is 0.00000192. The first-order valence-corrected chi connectivity index (χ1v) is 9.38. The van der Waals surface area contributed by atoms with Gasteiger partial charge in [0.05, 0.1) is 17.9 Å². The molecule has 5 nitrogen and oxygen atoms in total. The Morgan fingerprint density at radius 2 is 1.96 bits per heavy atom. The number of amides is 1. The minimum atomic E-state index is -0.0182. The number of nitrogens with zero attached hydrogens (tertiary/aromatic N) is 3. The van der Waals surface area contributed by atoms with E-state index >= 15 is 0 Å². The highest BCUT2D eigenvalue weighted by Gasteiger charge is 2.30. The van der Waals surface area contributed by atoms with Gasteiger partial charge in [-0.2, -0.15) is 5.10 Å². The topological polar surface area (TPSA) is 59.8 Å². The van der Waals surface area contributed by atoms with Crippen LogP contribution in [0, 0.1) is 0 Å². The van der Waals surface area contributed by atoms with E-state index in [4.69, 9.17) is 16.7 Å². The molecule has 3 heterocycles. The molecule has 1 amide bonds. The molecule has 7 heteroatoms. The van der Waals surface area contributed by atoms with Gasteiger partial charge in [-0.05, 0) is 48.2 Å². The SMILES string of the molecule is Cl.O=C1NCCn2nc3c(c21)CCc1cnc(/C=C/c2ccc(Cl)cc2)cc1-3. The molecule has 1 aliphatic carbocycles. The van der Waals surface area contributed by atoms with Gasteiger partial charge in [0.15, 0.2) is 0 Å². The van der Waals surface area contributed by atoms with Crippen molar-refractivity contribution >= 4 is 42.1 Å². The summed E-state index contributed by atoms with van der Waals surface area (Å²) in [7, 11) is 0. The Labute approximate surface area is 173 Å². The second kappa shape index (κ2) is 7.41. The fourth-order valence-corrected chi connectivity index (χ4v) is 3.88. The van der Waals surface area contributed by atoms with E-state index in [1.807, 2.05) is 47.3 Å². The molecule has 1 N–H and O–H groups in total. The summed E-state index contributed by atoms with van der Waals surface area (Å²) in [5.74, 6) is -0.0182.